The molecule has 0 spiro atoms. The van der Waals surface area contributed by atoms with Gasteiger partial charge in [-0.25, -0.2) is 0 Å². The Kier molecular flexibility index (Phi) is 4.07. The van der Waals surface area contributed by atoms with Crippen LogP contribution in [0.2, 0.25) is 0 Å². The summed E-state index contributed by atoms with van der Waals surface area (Å²) in [6.45, 7) is 0.602. The summed E-state index contributed by atoms with van der Waals surface area (Å²) in [5.41, 5.74) is 1.37. The SMILES string of the molecule is O=C(c1cnc2ccccc2c1)N1C[C@@H](O)[C@H](Oc2ccccc2)C1. The van der Waals surface area contributed by atoms with Gasteiger partial charge in [0.25, 0.3) is 5.91 Å². The number of carbonyl (C=O) groups excluding carboxylic acids is 1. The van der Waals surface area contributed by atoms with Crippen molar-refractivity contribution in [3.05, 3.63) is 72.4 Å². The van der Waals surface area contributed by atoms with Crippen molar-refractivity contribution in [1.82, 2.24) is 9.88 Å². The number of nitrogens with zero attached hydrogens (tertiary/aromatic N) is 2. The molecule has 0 radical (unpaired) electrons. The van der Waals surface area contributed by atoms with E-state index in [1.807, 2.05) is 60.7 Å². The molecule has 2 atom stereocenters. The quantitative estimate of drug-likeness (QED) is 0.799. The van der Waals surface area contributed by atoms with E-state index in [-0.39, 0.29) is 12.5 Å². The molecule has 0 saturated carbocycles. The van der Waals surface area contributed by atoms with E-state index in [9.17, 15) is 9.90 Å². The first-order chi connectivity index (χ1) is 12.2. The highest BCUT2D eigenvalue weighted by Gasteiger charge is 2.36. The second kappa shape index (κ2) is 6.53. The third-order valence-electron chi connectivity index (χ3n) is 4.39. The van der Waals surface area contributed by atoms with Crippen molar-refractivity contribution in [3.63, 3.8) is 0 Å². The van der Waals surface area contributed by atoms with Crippen molar-refractivity contribution in [1.29, 1.82) is 0 Å². The van der Waals surface area contributed by atoms with E-state index in [0.717, 1.165) is 10.9 Å². The van der Waals surface area contributed by atoms with Crippen molar-refractivity contribution in [2.45, 2.75) is 12.2 Å². The molecule has 1 fully saturated rings. The van der Waals surface area contributed by atoms with Gasteiger partial charge in [-0.3, -0.25) is 9.78 Å². The van der Waals surface area contributed by atoms with Crippen LogP contribution in [0.4, 0.5) is 0 Å². The van der Waals surface area contributed by atoms with Gasteiger partial charge in [0, 0.05) is 11.6 Å². The van der Waals surface area contributed by atoms with E-state index in [1.165, 1.54) is 0 Å². The van der Waals surface area contributed by atoms with Crippen molar-refractivity contribution in [3.8, 4) is 5.75 Å². The number of hydrogen-bond acceptors (Lipinski definition) is 4. The van der Waals surface area contributed by atoms with E-state index in [1.54, 1.807) is 11.1 Å². The van der Waals surface area contributed by atoms with E-state index in [0.29, 0.717) is 17.9 Å². The number of fused-ring (bicyclic) bond motifs is 1. The van der Waals surface area contributed by atoms with Gasteiger partial charge >= 0.3 is 0 Å². The standard InChI is InChI=1S/C20H18N2O3/c23-18-12-22(13-19(18)25-16-7-2-1-3-8-16)20(24)15-10-14-6-4-5-9-17(14)21-11-15/h1-11,18-19,23H,12-13H2/t18-,19-/m1/s1. The minimum absolute atomic E-state index is 0.142. The van der Waals surface area contributed by atoms with Crippen LogP contribution in [0, 0.1) is 0 Å². The normalized spacial score (nSPS) is 20.0. The van der Waals surface area contributed by atoms with Crippen LogP contribution in [0.3, 0.4) is 0 Å². The summed E-state index contributed by atoms with van der Waals surface area (Å²) in [4.78, 5) is 18.7. The average Bonchev–Trinajstić information content (AvgIpc) is 3.02. The molecule has 25 heavy (non-hydrogen) atoms. The lowest BCUT2D eigenvalue weighted by Gasteiger charge is -2.17. The predicted molar refractivity (Wildman–Crippen MR) is 94.5 cm³/mol. The summed E-state index contributed by atoms with van der Waals surface area (Å²) in [5, 5.41) is 11.2. The predicted octanol–water partition coefficient (Wildman–Crippen LogP) is 2.50. The second-order valence-corrected chi connectivity index (χ2v) is 6.16. The van der Waals surface area contributed by atoms with Gasteiger partial charge in [-0.2, -0.15) is 0 Å². The van der Waals surface area contributed by atoms with Crippen molar-refractivity contribution >= 4 is 16.8 Å². The number of ether oxygens (including phenoxy) is 1. The van der Waals surface area contributed by atoms with E-state index in [4.69, 9.17) is 4.74 Å². The zero-order chi connectivity index (χ0) is 17.2. The number of para-hydroxylation sites is 2. The molecule has 1 N–H and O–H groups in total. The van der Waals surface area contributed by atoms with Crippen LogP contribution in [-0.2, 0) is 0 Å². The maximum absolute atomic E-state index is 12.8. The number of amides is 1. The molecule has 1 saturated heterocycles. The number of aromatic nitrogens is 1. The largest absolute Gasteiger partial charge is 0.486 e. The number of benzene rings is 2. The highest BCUT2D eigenvalue weighted by atomic mass is 16.5. The third kappa shape index (κ3) is 3.19. The Morgan fingerprint density at radius 2 is 1.84 bits per heavy atom. The summed E-state index contributed by atoms with van der Waals surface area (Å²) < 4.78 is 5.81. The van der Waals surface area contributed by atoms with Gasteiger partial charge in [0.2, 0.25) is 0 Å². The van der Waals surface area contributed by atoms with Gasteiger partial charge in [0.05, 0.1) is 24.2 Å². The number of likely N-dealkylation sites (tertiary alicyclic amines) is 1. The lowest BCUT2D eigenvalue weighted by Crippen LogP contribution is -2.31. The molecule has 4 rings (SSSR count). The van der Waals surface area contributed by atoms with Crippen LogP contribution in [0.25, 0.3) is 10.9 Å². The molecule has 0 aliphatic carbocycles. The zero-order valence-corrected chi connectivity index (χ0v) is 13.6. The summed E-state index contributed by atoms with van der Waals surface area (Å²) in [5.74, 6) is 0.546. The van der Waals surface area contributed by atoms with Crippen LogP contribution in [0.5, 0.6) is 5.75 Å². The van der Waals surface area contributed by atoms with Crippen LogP contribution in [0.1, 0.15) is 10.4 Å². The maximum Gasteiger partial charge on any atom is 0.255 e. The van der Waals surface area contributed by atoms with Crippen LogP contribution in [-0.4, -0.2) is 46.2 Å². The molecule has 1 aromatic heterocycles. The molecule has 1 amide bonds. The molecule has 5 nitrogen and oxygen atoms in total. The Morgan fingerprint density at radius 3 is 2.68 bits per heavy atom. The first-order valence-electron chi connectivity index (χ1n) is 8.24. The molecule has 126 valence electrons. The van der Waals surface area contributed by atoms with Gasteiger partial charge in [0.15, 0.2) is 0 Å². The topological polar surface area (TPSA) is 62.7 Å². The number of carbonyl (C=O) groups is 1. The Balaban J connectivity index is 1.50. The number of pyridine rings is 1. The monoisotopic (exact) mass is 334 g/mol. The molecule has 0 unspecified atom stereocenters. The van der Waals surface area contributed by atoms with Gasteiger partial charge < -0.3 is 14.7 Å². The summed E-state index contributed by atoms with van der Waals surface area (Å²) in [6, 6.07) is 18.8. The van der Waals surface area contributed by atoms with E-state index in [2.05, 4.69) is 4.98 Å². The fourth-order valence-corrected chi connectivity index (χ4v) is 3.08. The van der Waals surface area contributed by atoms with Gasteiger partial charge in [0.1, 0.15) is 18.0 Å². The number of aliphatic hydroxyl groups excluding tert-OH is 1. The number of rotatable bonds is 3. The first kappa shape index (κ1) is 15.6. The lowest BCUT2D eigenvalue weighted by atomic mass is 10.1. The van der Waals surface area contributed by atoms with Crippen molar-refractivity contribution in [2.24, 2.45) is 0 Å². The van der Waals surface area contributed by atoms with E-state index >= 15 is 0 Å². The number of hydrogen-bond donors (Lipinski definition) is 1. The molecular formula is C20H18N2O3. The second-order valence-electron chi connectivity index (χ2n) is 6.16. The Bertz CT molecular complexity index is 898. The fourth-order valence-electron chi connectivity index (χ4n) is 3.08. The Labute approximate surface area is 145 Å². The molecule has 2 heterocycles. The van der Waals surface area contributed by atoms with E-state index < -0.39 is 12.2 Å². The Hall–Kier alpha value is -2.92. The summed E-state index contributed by atoms with van der Waals surface area (Å²) in [7, 11) is 0. The molecule has 2 aromatic carbocycles. The van der Waals surface area contributed by atoms with Gasteiger partial charge in [-0.05, 0) is 24.3 Å². The summed E-state index contributed by atoms with van der Waals surface area (Å²) in [6.07, 6.45) is 0.444. The summed E-state index contributed by atoms with van der Waals surface area (Å²) >= 11 is 0. The molecule has 5 heteroatoms. The highest BCUT2D eigenvalue weighted by molar-refractivity contribution is 5.97. The number of aliphatic hydroxyl groups is 1. The molecule has 0 bridgehead atoms. The maximum atomic E-state index is 12.8. The number of β-amino-alcohol motifs (C(OH)–C–C–N with tert-alkyl or cyclic N) is 1. The van der Waals surface area contributed by atoms with Crippen LogP contribution < -0.4 is 4.74 Å². The highest BCUT2D eigenvalue weighted by Crippen LogP contribution is 2.21. The minimum Gasteiger partial charge on any atom is -0.486 e. The molecule has 1 aliphatic heterocycles. The van der Waals surface area contributed by atoms with Gasteiger partial charge in [-0.1, -0.05) is 36.4 Å². The first-order valence-corrected chi connectivity index (χ1v) is 8.24. The van der Waals surface area contributed by atoms with Crippen molar-refractivity contribution < 1.29 is 14.6 Å². The smallest absolute Gasteiger partial charge is 0.255 e. The average molecular weight is 334 g/mol. The van der Waals surface area contributed by atoms with Gasteiger partial charge in [-0.15, -0.1) is 0 Å². The van der Waals surface area contributed by atoms with Crippen molar-refractivity contribution in [2.75, 3.05) is 13.1 Å². The zero-order valence-electron chi connectivity index (χ0n) is 13.6. The fraction of sp³-hybridized carbons (Fsp3) is 0.200. The minimum atomic E-state index is -0.711. The third-order valence-corrected chi connectivity index (χ3v) is 4.39. The van der Waals surface area contributed by atoms with Crippen LogP contribution >= 0.6 is 0 Å². The molecular weight excluding hydrogens is 316 g/mol. The molecule has 1 aliphatic rings. The lowest BCUT2D eigenvalue weighted by molar-refractivity contribution is 0.0729. The van der Waals surface area contributed by atoms with Crippen LogP contribution in [0.15, 0.2) is 66.9 Å². The Morgan fingerprint density at radius 1 is 1.08 bits per heavy atom. The molecule has 3 aromatic rings.